The van der Waals surface area contributed by atoms with E-state index in [-0.39, 0.29) is 11.8 Å². The van der Waals surface area contributed by atoms with E-state index in [9.17, 15) is 9.90 Å². The summed E-state index contributed by atoms with van der Waals surface area (Å²) < 4.78 is 0. The minimum atomic E-state index is -0.340. The molecule has 3 N–H and O–H groups in total. The number of phenols is 1. The highest BCUT2D eigenvalue weighted by Crippen LogP contribution is 2.20. The topological polar surface area (TPSA) is 67.8 Å². The van der Waals surface area contributed by atoms with Crippen molar-refractivity contribution in [2.75, 3.05) is 48.8 Å². The van der Waals surface area contributed by atoms with Gasteiger partial charge >= 0.3 is 6.03 Å². The van der Waals surface area contributed by atoms with Gasteiger partial charge in [-0.3, -0.25) is 0 Å². The van der Waals surface area contributed by atoms with Gasteiger partial charge in [0.05, 0.1) is 0 Å². The van der Waals surface area contributed by atoms with E-state index in [1.807, 2.05) is 24.3 Å². The molecule has 2 amide bonds. The maximum Gasteiger partial charge on any atom is 0.323 e. The molecule has 6 heteroatoms. The van der Waals surface area contributed by atoms with Crippen LogP contribution in [0, 0.1) is 0 Å². The molecule has 1 saturated heterocycles. The van der Waals surface area contributed by atoms with Gasteiger partial charge in [0.15, 0.2) is 0 Å². The number of phenolic OH excluding ortho intramolecular Hbond substituents is 1. The highest BCUT2D eigenvalue weighted by molar-refractivity contribution is 5.99. The first kappa shape index (κ1) is 16.1. The van der Waals surface area contributed by atoms with E-state index < -0.39 is 0 Å². The third-order valence-corrected chi connectivity index (χ3v) is 4.10. The summed E-state index contributed by atoms with van der Waals surface area (Å²) in [4.78, 5) is 16.7. The molecular formula is C18H22N4O2. The molecule has 2 aromatic rings. The molecule has 1 fully saturated rings. The Morgan fingerprint density at radius 2 is 1.62 bits per heavy atom. The lowest BCUT2D eigenvalue weighted by molar-refractivity contribution is 0.262. The Bertz CT molecular complexity index is 694. The minimum Gasteiger partial charge on any atom is -0.508 e. The molecular weight excluding hydrogens is 304 g/mol. The lowest BCUT2D eigenvalue weighted by atomic mass is 10.2. The van der Waals surface area contributed by atoms with Crippen molar-refractivity contribution in [1.29, 1.82) is 0 Å². The molecule has 0 aromatic heterocycles. The van der Waals surface area contributed by atoms with Crippen LogP contribution in [0.2, 0.25) is 0 Å². The fraction of sp³-hybridized carbons (Fsp3) is 0.278. The van der Waals surface area contributed by atoms with E-state index >= 15 is 0 Å². The van der Waals surface area contributed by atoms with E-state index in [0.717, 1.165) is 31.9 Å². The average Bonchev–Trinajstić information content (AvgIpc) is 2.56. The van der Waals surface area contributed by atoms with Gasteiger partial charge in [-0.05, 0) is 43.4 Å². The number of hydrogen-bond acceptors (Lipinski definition) is 4. The normalized spacial score (nSPS) is 15.1. The molecule has 1 heterocycles. The van der Waals surface area contributed by atoms with Crippen molar-refractivity contribution in [2.45, 2.75) is 0 Å². The van der Waals surface area contributed by atoms with Crippen LogP contribution in [0.5, 0.6) is 5.75 Å². The van der Waals surface area contributed by atoms with Crippen LogP contribution in [0.1, 0.15) is 0 Å². The number of piperazine rings is 1. The van der Waals surface area contributed by atoms with Gasteiger partial charge in [-0.1, -0.05) is 6.07 Å². The number of rotatable bonds is 3. The fourth-order valence-corrected chi connectivity index (χ4v) is 2.70. The van der Waals surface area contributed by atoms with Crippen LogP contribution in [0.15, 0.2) is 48.5 Å². The number of nitrogens with zero attached hydrogens (tertiary/aromatic N) is 2. The van der Waals surface area contributed by atoms with Crippen molar-refractivity contribution >= 4 is 23.1 Å². The van der Waals surface area contributed by atoms with Gasteiger partial charge in [-0.15, -0.1) is 0 Å². The number of likely N-dealkylation sites (N-methyl/N-ethyl adjacent to an activating group) is 1. The van der Waals surface area contributed by atoms with Crippen LogP contribution in [0.3, 0.4) is 0 Å². The summed E-state index contributed by atoms with van der Waals surface area (Å²) in [5.41, 5.74) is 2.44. The molecule has 0 radical (unpaired) electrons. The molecule has 24 heavy (non-hydrogen) atoms. The Kier molecular flexibility index (Phi) is 4.86. The van der Waals surface area contributed by atoms with Gasteiger partial charge in [0.25, 0.3) is 0 Å². The number of benzene rings is 2. The van der Waals surface area contributed by atoms with Crippen LogP contribution >= 0.6 is 0 Å². The largest absolute Gasteiger partial charge is 0.508 e. The van der Waals surface area contributed by atoms with Gasteiger partial charge in [-0.2, -0.15) is 0 Å². The second-order valence-corrected chi connectivity index (χ2v) is 5.97. The van der Waals surface area contributed by atoms with Gasteiger partial charge < -0.3 is 25.5 Å². The number of nitrogens with one attached hydrogen (secondary N) is 2. The Labute approximate surface area is 141 Å². The molecule has 126 valence electrons. The summed E-state index contributed by atoms with van der Waals surface area (Å²) >= 11 is 0. The van der Waals surface area contributed by atoms with E-state index in [1.54, 1.807) is 18.2 Å². The molecule has 0 unspecified atom stereocenters. The number of carbonyl (C=O) groups excluding carboxylic acids is 1. The fourth-order valence-electron chi connectivity index (χ4n) is 2.70. The first-order valence-corrected chi connectivity index (χ1v) is 8.01. The SMILES string of the molecule is CN1CCN(c2ccc(NC(=O)Nc3cccc(O)c3)cc2)CC1. The Morgan fingerprint density at radius 1 is 0.958 bits per heavy atom. The molecule has 1 aliphatic rings. The van der Waals surface area contributed by atoms with E-state index in [1.165, 1.54) is 11.8 Å². The molecule has 0 bridgehead atoms. The number of urea groups is 1. The van der Waals surface area contributed by atoms with E-state index in [2.05, 4.69) is 27.5 Å². The number of aromatic hydroxyl groups is 1. The monoisotopic (exact) mass is 326 g/mol. The maximum atomic E-state index is 12.0. The van der Waals surface area contributed by atoms with Crippen LogP contribution in [-0.2, 0) is 0 Å². The summed E-state index contributed by atoms with van der Waals surface area (Å²) in [6, 6.07) is 13.9. The summed E-state index contributed by atoms with van der Waals surface area (Å²) in [5, 5.41) is 14.9. The highest BCUT2D eigenvalue weighted by atomic mass is 16.3. The average molecular weight is 326 g/mol. The zero-order valence-electron chi connectivity index (χ0n) is 13.7. The quantitative estimate of drug-likeness (QED) is 0.811. The van der Waals surface area contributed by atoms with Gasteiger partial charge in [0.2, 0.25) is 0 Å². The molecule has 0 atom stereocenters. The second kappa shape index (κ2) is 7.23. The predicted molar refractivity (Wildman–Crippen MR) is 96.9 cm³/mol. The smallest absolute Gasteiger partial charge is 0.323 e. The molecule has 0 spiro atoms. The third kappa shape index (κ3) is 4.17. The summed E-state index contributed by atoms with van der Waals surface area (Å²) in [7, 11) is 2.13. The zero-order chi connectivity index (χ0) is 16.9. The highest BCUT2D eigenvalue weighted by Gasteiger charge is 2.14. The third-order valence-electron chi connectivity index (χ3n) is 4.10. The second-order valence-electron chi connectivity index (χ2n) is 5.97. The molecule has 0 saturated carbocycles. The van der Waals surface area contributed by atoms with E-state index in [0.29, 0.717) is 5.69 Å². The van der Waals surface area contributed by atoms with Crippen LogP contribution in [0.4, 0.5) is 21.9 Å². The summed E-state index contributed by atoms with van der Waals surface area (Å²) in [5.74, 6) is 0.115. The molecule has 0 aliphatic carbocycles. The Hall–Kier alpha value is -2.73. The van der Waals surface area contributed by atoms with Crippen LogP contribution in [0.25, 0.3) is 0 Å². The van der Waals surface area contributed by atoms with E-state index in [4.69, 9.17) is 0 Å². The first-order chi connectivity index (χ1) is 11.6. The summed E-state index contributed by atoms with van der Waals surface area (Å²) in [6.45, 7) is 4.15. The molecule has 2 aromatic carbocycles. The number of anilines is 3. The van der Waals surface area contributed by atoms with Crippen molar-refractivity contribution in [3.8, 4) is 5.75 Å². The lowest BCUT2D eigenvalue weighted by Gasteiger charge is -2.34. The number of amides is 2. The van der Waals surface area contributed by atoms with Gasteiger partial charge in [-0.25, -0.2) is 4.79 Å². The predicted octanol–water partition coefficient (Wildman–Crippen LogP) is 2.79. The Balaban J connectivity index is 1.56. The minimum absolute atomic E-state index is 0.115. The van der Waals surface area contributed by atoms with Crippen LogP contribution < -0.4 is 15.5 Å². The van der Waals surface area contributed by atoms with Gasteiger partial charge in [0.1, 0.15) is 5.75 Å². The number of carbonyl (C=O) groups is 1. The van der Waals surface area contributed by atoms with Crippen molar-refractivity contribution in [2.24, 2.45) is 0 Å². The number of hydrogen-bond donors (Lipinski definition) is 3. The first-order valence-electron chi connectivity index (χ1n) is 8.01. The van der Waals surface area contributed by atoms with Gasteiger partial charge in [0, 0.05) is 49.3 Å². The Morgan fingerprint density at radius 3 is 2.29 bits per heavy atom. The molecule has 3 rings (SSSR count). The standard InChI is InChI=1S/C18H22N4O2/c1-21-9-11-22(12-10-21)16-7-5-14(6-8-16)19-18(24)20-15-3-2-4-17(23)13-15/h2-8,13,23H,9-12H2,1H3,(H2,19,20,24). The van der Waals surface area contributed by atoms with Crippen LogP contribution in [-0.4, -0.2) is 49.3 Å². The molecule has 6 nitrogen and oxygen atoms in total. The maximum absolute atomic E-state index is 12.0. The summed E-state index contributed by atoms with van der Waals surface area (Å²) in [6.07, 6.45) is 0. The van der Waals surface area contributed by atoms with Crippen molar-refractivity contribution in [1.82, 2.24) is 4.90 Å². The molecule has 1 aliphatic heterocycles. The zero-order valence-corrected chi connectivity index (χ0v) is 13.7. The van der Waals surface area contributed by atoms with Crippen molar-refractivity contribution in [3.05, 3.63) is 48.5 Å². The van der Waals surface area contributed by atoms with Crippen molar-refractivity contribution < 1.29 is 9.90 Å². The van der Waals surface area contributed by atoms with Crippen molar-refractivity contribution in [3.63, 3.8) is 0 Å². The lowest BCUT2D eigenvalue weighted by Crippen LogP contribution is -2.44.